The summed E-state index contributed by atoms with van der Waals surface area (Å²) in [6.07, 6.45) is -1.07. The molecule has 0 N–H and O–H groups in total. The molecule has 1 aromatic heterocycles. The molecule has 32 heavy (non-hydrogen) atoms. The first kappa shape index (κ1) is 21.9. The normalized spacial score (nSPS) is 20.9. The highest BCUT2D eigenvalue weighted by atomic mass is 16.7. The second-order valence-corrected chi connectivity index (χ2v) is 7.90. The molecule has 7 heteroatoms. The van der Waals surface area contributed by atoms with Crippen LogP contribution in [-0.4, -0.2) is 39.4 Å². The fourth-order valence-electron chi connectivity index (χ4n) is 4.22. The summed E-state index contributed by atoms with van der Waals surface area (Å²) in [4.78, 5) is 32.8. The zero-order chi connectivity index (χ0) is 22.7. The lowest BCUT2D eigenvalue weighted by Gasteiger charge is -2.25. The molecule has 2 aromatic carbocycles. The second-order valence-electron chi connectivity index (χ2n) is 7.90. The van der Waals surface area contributed by atoms with Gasteiger partial charge in [0.25, 0.3) is 5.91 Å². The van der Waals surface area contributed by atoms with Gasteiger partial charge in [-0.25, -0.2) is 9.48 Å². The summed E-state index contributed by atoms with van der Waals surface area (Å²) in [7, 11) is 0. The number of nitrogens with zero attached hydrogens (tertiary/aromatic N) is 3. The number of ether oxygens (including phenoxy) is 1. The Kier molecular flexibility index (Phi) is 6.48. The van der Waals surface area contributed by atoms with Crippen LogP contribution in [0.5, 0.6) is 0 Å². The molecule has 3 aromatic rings. The van der Waals surface area contributed by atoms with Gasteiger partial charge in [-0.1, -0.05) is 60.7 Å². The maximum Gasteiger partial charge on any atom is 0.338 e. The lowest BCUT2D eigenvalue weighted by molar-refractivity contribution is -0.193. The van der Waals surface area contributed by atoms with Crippen LogP contribution in [0, 0.1) is 19.8 Å². The summed E-state index contributed by atoms with van der Waals surface area (Å²) in [5.74, 6) is -1.67. The van der Waals surface area contributed by atoms with E-state index in [0.29, 0.717) is 12.2 Å². The third kappa shape index (κ3) is 4.35. The predicted octanol–water partition coefficient (Wildman–Crippen LogP) is 3.88. The summed E-state index contributed by atoms with van der Waals surface area (Å²) >= 11 is 0. The number of benzene rings is 2. The van der Waals surface area contributed by atoms with Gasteiger partial charge in [-0.15, -0.1) is 0 Å². The van der Waals surface area contributed by atoms with E-state index in [-0.39, 0.29) is 12.5 Å². The fraction of sp³-hybridized carbons (Fsp3) is 0.320. The minimum atomic E-state index is -1.07. The maximum atomic E-state index is 13.8. The summed E-state index contributed by atoms with van der Waals surface area (Å²) < 4.78 is 6.66. The van der Waals surface area contributed by atoms with Crippen LogP contribution in [-0.2, 0) is 20.9 Å². The summed E-state index contributed by atoms with van der Waals surface area (Å²) in [6, 6.07) is 20.8. The van der Waals surface area contributed by atoms with Crippen LogP contribution in [0.15, 0.2) is 66.7 Å². The Labute approximate surface area is 187 Å². The third-order valence-corrected chi connectivity index (χ3v) is 5.57. The Hall–Kier alpha value is -3.29. The van der Waals surface area contributed by atoms with E-state index in [1.54, 1.807) is 12.0 Å². The van der Waals surface area contributed by atoms with E-state index in [2.05, 4.69) is 5.10 Å². The largest absolute Gasteiger partial charge is 0.464 e. The third-order valence-electron chi connectivity index (χ3n) is 5.57. The van der Waals surface area contributed by atoms with E-state index in [9.17, 15) is 9.59 Å². The number of rotatable bonds is 6. The van der Waals surface area contributed by atoms with E-state index in [0.717, 1.165) is 16.8 Å². The molecule has 166 valence electrons. The Morgan fingerprint density at radius 3 is 2.28 bits per heavy atom. The van der Waals surface area contributed by atoms with Gasteiger partial charge in [0.2, 0.25) is 0 Å². The standard InChI is InChI=1S/C25H27N3O4/c1-4-31-25(30)23-21(24(29)28-18(3)15-17(2)26-28)22(20-13-9-6-10-14-20)27(32-23)16-19-11-7-5-8-12-19/h5-15,21-23H,4,16H2,1-3H3/t21-,22+,23-/m0/s1. The van der Waals surface area contributed by atoms with Gasteiger partial charge in [-0.3, -0.25) is 9.63 Å². The van der Waals surface area contributed by atoms with Crippen molar-refractivity contribution in [3.63, 3.8) is 0 Å². The monoisotopic (exact) mass is 433 g/mol. The van der Waals surface area contributed by atoms with E-state index in [1.807, 2.05) is 80.6 Å². The van der Waals surface area contributed by atoms with Crippen molar-refractivity contribution in [2.24, 2.45) is 5.92 Å². The highest BCUT2D eigenvalue weighted by molar-refractivity contribution is 5.89. The van der Waals surface area contributed by atoms with Crippen LogP contribution in [0.2, 0.25) is 0 Å². The first-order valence-electron chi connectivity index (χ1n) is 10.8. The molecule has 0 aliphatic carbocycles. The number of aryl methyl sites for hydroxylation is 2. The first-order valence-corrected chi connectivity index (χ1v) is 10.8. The molecule has 0 bridgehead atoms. The minimum Gasteiger partial charge on any atom is -0.464 e. The van der Waals surface area contributed by atoms with Crippen LogP contribution in [0.1, 0.15) is 40.3 Å². The lowest BCUT2D eigenvalue weighted by Crippen LogP contribution is -2.38. The molecule has 0 unspecified atom stereocenters. The Morgan fingerprint density at radius 1 is 1.03 bits per heavy atom. The van der Waals surface area contributed by atoms with Gasteiger partial charge in [0.1, 0.15) is 5.92 Å². The molecule has 1 fully saturated rings. The lowest BCUT2D eigenvalue weighted by atomic mass is 9.88. The molecular weight excluding hydrogens is 406 g/mol. The maximum absolute atomic E-state index is 13.8. The van der Waals surface area contributed by atoms with Gasteiger partial charge >= 0.3 is 5.97 Å². The van der Waals surface area contributed by atoms with Crippen LogP contribution in [0.3, 0.4) is 0 Å². The molecule has 0 radical (unpaired) electrons. The molecule has 1 aliphatic rings. The van der Waals surface area contributed by atoms with Crippen LogP contribution in [0.4, 0.5) is 0 Å². The number of aromatic nitrogens is 2. The van der Waals surface area contributed by atoms with Crippen LogP contribution in [0.25, 0.3) is 0 Å². The predicted molar refractivity (Wildman–Crippen MR) is 118 cm³/mol. The molecule has 1 saturated heterocycles. The summed E-state index contributed by atoms with van der Waals surface area (Å²) in [5, 5.41) is 6.10. The number of hydroxylamine groups is 2. The van der Waals surface area contributed by atoms with Crippen LogP contribution < -0.4 is 0 Å². The highest BCUT2D eigenvalue weighted by Crippen LogP contribution is 2.42. The summed E-state index contributed by atoms with van der Waals surface area (Å²) in [6.45, 7) is 6.01. The van der Waals surface area contributed by atoms with Crippen molar-refractivity contribution in [2.75, 3.05) is 6.61 Å². The minimum absolute atomic E-state index is 0.203. The zero-order valence-corrected chi connectivity index (χ0v) is 18.5. The Balaban J connectivity index is 1.79. The van der Waals surface area contributed by atoms with Crippen molar-refractivity contribution >= 4 is 11.9 Å². The molecule has 2 heterocycles. The van der Waals surface area contributed by atoms with Crippen molar-refractivity contribution < 1.29 is 19.2 Å². The average molecular weight is 434 g/mol. The Bertz CT molecular complexity index is 1080. The van der Waals surface area contributed by atoms with Crippen LogP contribution >= 0.6 is 0 Å². The smallest absolute Gasteiger partial charge is 0.338 e. The fourth-order valence-corrected chi connectivity index (χ4v) is 4.22. The number of hydrogen-bond donors (Lipinski definition) is 0. The molecule has 0 spiro atoms. The molecule has 3 atom stereocenters. The van der Waals surface area contributed by atoms with Crippen molar-refractivity contribution in [1.82, 2.24) is 14.8 Å². The van der Waals surface area contributed by atoms with Crippen molar-refractivity contribution in [3.05, 3.63) is 89.2 Å². The SMILES string of the molecule is CCOC(=O)[C@H]1ON(Cc2ccccc2)[C@H](c2ccccc2)[C@@H]1C(=O)n1nc(C)cc1C. The number of carbonyl (C=O) groups is 2. The number of hydrogen-bond acceptors (Lipinski definition) is 6. The van der Waals surface area contributed by atoms with E-state index < -0.39 is 24.0 Å². The van der Waals surface area contributed by atoms with Gasteiger partial charge in [0, 0.05) is 12.2 Å². The molecular formula is C25H27N3O4. The molecule has 7 nitrogen and oxygen atoms in total. The van der Waals surface area contributed by atoms with E-state index in [4.69, 9.17) is 9.57 Å². The number of carbonyl (C=O) groups excluding carboxylic acids is 2. The first-order chi connectivity index (χ1) is 15.5. The zero-order valence-electron chi connectivity index (χ0n) is 18.5. The topological polar surface area (TPSA) is 73.7 Å². The molecule has 4 rings (SSSR count). The van der Waals surface area contributed by atoms with E-state index in [1.165, 1.54) is 4.68 Å². The summed E-state index contributed by atoms with van der Waals surface area (Å²) in [5.41, 5.74) is 3.34. The van der Waals surface area contributed by atoms with Gasteiger partial charge in [-0.05, 0) is 38.0 Å². The van der Waals surface area contributed by atoms with Crippen molar-refractivity contribution in [3.8, 4) is 0 Å². The van der Waals surface area contributed by atoms with E-state index >= 15 is 0 Å². The molecule has 1 aliphatic heterocycles. The average Bonchev–Trinajstić information content (AvgIpc) is 3.34. The highest BCUT2D eigenvalue weighted by Gasteiger charge is 2.53. The second kappa shape index (κ2) is 9.46. The van der Waals surface area contributed by atoms with Gasteiger partial charge in [0.05, 0.1) is 18.3 Å². The Morgan fingerprint density at radius 2 is 1.69 bits per heavy atom. The quantitative estimate of drug-likeness (QED) is 0.550. The van der Waals surface area contributed by atoms with Gasteiger partial charge < -0.3 is 4.74 Å². The van der Waals surface area contributed by atoms with Crippen molar-refractivity contribution in [2.45, 2.75) is 39.5 Å². The van der Waals surface area contributed by atoms with Gasteiger partial charge in [0.15, 0.2) is 6.10 Å². The van der Waals surface area contributed by atoms with Crippen molar-refractivity contribution in [1.29, 1.82) is 0 Å². The molecule has 0 saturated carbocycles. The van der Waals surface area contributed by atoms with Gasteiger partial charge in [-0.2, -0.15) is 10.2 Å². The molecule has 0 amide bonds. The number of esters is 1.